The molecule has 2 heterocycles. The molecule has 4 aromatic rings. The SMILES string of the molecule is CCc1c(C)c2ccc(OCC(=O)c3c(C)n(C)c4ccccc34)c(C)c2oc1=O. The van der Waals surface area contributed by atoms with E-state index < -0.39 is 0 Å². The molecular formula is C25H25NO4. The largest absolute Gasteiger partial charge is 0.485 e. The minimum absolute atomic E-state index is 0.0808. The van der Waals surface area contributed by atoms with Crippen molar-refractivity contribution in [3.63, 3.8) is 0 Å². The summed E-state index contributed by atoms with van der Waals surface area (Å²) in [6, 6.07) is 11.6. The van der Waals surface area contributed by atoms with E-state index in [0.717, 1.165) is 33.1 Å². The predicted octanol–water partition coefficient (Wildman–Crippen LogP) is 5.03. The molecule has 0 unspecified atom stereocenters. The van der Waals surface area contributed by atoms with Crippen LogP contribution in [0.3, 0.4) is 0 Å². The summed E-state index contributed by atoms with van der Waals surface area (Å²) in [5, 5.41) is 1.82. The molecule has 0 amide bonds. The Kier molecular flexibility index (Phi) is 4.98. The molecule has 4 rings (SSSR count). The summed E-state index contributed by atoms with van der Waals surface area (Å²) in [6.07, 6.45) is 0.625. The van der Waals surface area contributed by atoms with Crippen molar-refractivity contribution >= 4 is 27.7 Å². The number of ketones is 1. The number of nitrogens with zero attached hydrogens (tertiary/aromatic N) is 1. The number of rotatable bonds is 5. The second-order valence-electron chi connectivity index (χ2n) is 7.66. The summed E-state index contributed by atoms with van der Waals surface area (Å²) in [4.78, 5) is 25.3. The van der Waals surface area contributed by atoms with Crippen LogP contribution < -0.4 is 10.4 Å². The number of benzene rings is 2. The highest BCUT2D eigenvalue weighted by molar-refractivity contribution is 6.10. The smallest absolute Gasteiger partial charge is 0.339 e. The zero-order valence-electron chi connectivity index (χ0n) is 18.0. The van der Waals surface area contributed by atoms with E-state index in [1.807, 2.05) is 75.7 Å². The van der Waals surface area contributed by atoms with Crippen LogP contribution in [0.25, 0.3) is 21.9 Å². The van der Waals surface area contributed by atoms with E-state index in [-0.39, 0.29) is 18.0 Å². The first-order valence-corrected chi connectivity index (χ1v) is 10.1. The molecule has 0 fully saturated rings. The minimum Gasteiger partial charge on any atom is -0.485 e. The maximum Gasteiger partial charge on any atom is 0.339 e. The summed E-state index contributed by atoms with van der Waals surface area (Å²) in [7, 11) is 1.96. The topological polar surface area (TPSA) is 61.4 Å². The van der Waals surface area contributed by atoms with Crippen molar-refractivity contribution in [1.29, 1.82) is 0 Å². The van der Waals surface area contributed by atoms with E-state index in [4.69, 9.17) is 9.15 Å². The summed E-state index contributed by atoms with van der Waals surface area (Å²) in [6.45, 7) is 7.58. The molecule has 5 nitrogen and oxygen atoms in total. The zero-order valence-corrected chi connectivity index (χ0v) is 18.0. The fraction of sp³-hybridized carbons (Fsp3) is 0.280. The van der Waals surface area contributed by atoms with E-state index in [2.05, 4.69) is 0 Å². The van der Waals surface area contributed by atoms with Crippen LogP contribution in [0.2, 0.25) is 0 Å². The van der Waals surface area contributed by atoms with Gasteiger partial charge in [0.15, 0.2) is 6.61 Å². The number of para-hydroxylation sites is 1. The Balaban J connectivity index is 1.68. The molecule has 0 N–H and O–H groups in total. The number of hydrogen-bond acceptors (Lipinski definition) is 4. The van der Waals surface area contributed by atoms with Crippen molar-refractivity contribution in [1.82, 2.24) is 4.57 Å². The lowest BCUT2D eigenvalue weighted by molar-refractivity contribution is 0.0922. The summed E-state index contributed by atoms with van der Waals surface area (Å²) < 4.78 is 13.5. The first-order valence-electron chi connectivity index (χ1n) is 10.1. The third-order valence-electron chi connectivity index (χ3n) is 6.04. The van der Waals surface area contributed by atoms with Gasteiger partial charge in [-0.15, -0.1) is 0 Å². The van der Waals surface area contributed by atoms with Gasteiger partial charge in [0.1, 0.15) is 11.3 Å². The molecule has 0 bridgehead atoms. The number of carbonyl (C=O) groups excluding carboxylic acids is 1. The Bertz CT molecular complexity index is 1360. The van der Waals surface area contributed by atoms with Crippen molar-refractivity contribution in [2.45, 2.75) is 34.1 Å². The number of fused-ring (bicyclic) bond motifs is 2. The van der Waals surface area contributed by atoms with Crippen molar-refractivity contribution in [3.05, 3.63) is 74.8 Å². The Labute approximate surface area is 174 Å². The first kappa shape index (κ1) is 20.0. The molecule has 0 saturated heterocycles. The molecule has 5 heteroatoms. The van der Waals surface area contributed by atoms with Gasteiger partial charge in [-0.1, -0.05) is 25.1 Å². The highest BCUT2D eigenvalue weighted by Gasteiger charge is 2.20. The zero-order chi connectivity index (χ0) is 21.6. The van der Waals surface area contributed by atoms with Crippen LogP contribution in [0.1, 0.15) is 39.7 Å². The summed E-state index contributed by atoms with van der Waals surface area (Å²) in [5.74, 6) is 0.461. The monoisotopic (exact) mass is 403 g/mol. The molecule has 0 aliphatic heterocycles. The summed E-state index contributed by atoms with van der Waals surface area (Å²) in [5.41, 5.74) is 5.15. The van der Waals surface area contributed by atoms with Crippen molar-refractivity contribution in [3.8, 4) is 5.75 Å². The standard InChI is InChI=1S/C25H25NO4/c1-6-17-14(2)18-11-12-22(15(3)24(18)30-25(17)28)29-13-21(27)23-16(4)26(5)20-10-8-7-9-19(20)23/h7-12H,6,13H2,1-5H3. The van der Waals surface area contributed by atoms with Gasteiger partial charge in [0.25, 0.3) is 0 Å². The quantitative estimate of drug-likeness (QED) is 0.346. The van der Waals surface area contributed by atoms with E-state index in [9.17, 15) is 9.59 Å². The van der Waals surface area contributed by atoms with Crippen LogP contribution in [0, 0.1) is 20.8 Å². The molecule has 0 saturated carbocycles. The van der Waals surface area contributed by atoms with Crippen LogP contribution in [0.4, 0.5) is 0 Å². The van der Waals surface area contributed by atoms with E-state index in [0.29, 0.717) is 28.9 Å². The van der Waals surface area contributed by atoms with Gasteiger partial charge in [-0.05, 0) is 51.0 Å². The minimum atomic E-state index is -0.315. The van der Waals surface area contributed by atoms with Crippen molar-refractivity contribution < 1.29 is 13.9 Å². The highest BCUT2D eigenvalue weighted by atomic mass is 16.5. The lowest BCUT2D eigenvalue weighted by Gasteiger charge is -2.12. The molecule has 0 aliphatic rings. The highest BCUT2D eigenvalue weighted by Crippen LogP contribution is 2.30. The maximum absolute atomic E-state index is 13.0. The molecule has 0 atom stereocenters. The first-order chi connectivity index (χ1) is 14.3. The van der Waals surface area contributed by atoms with Crippen LogP contribution in [0.15, 0.2) is 45.6 Å². The van der Waals surface area contributed by atoms with Gasteiger partial charge in [0, 0.05) is 45.7 Å². The normalized spacial score (nSPS) is 11.4. The molecule has 0 spiro atoms. The van der Waals surface area contributed by atoms with E-state index in [1.165, 1.54) is 0 Å². The summed E-state index contributed by atoms with van der Waals surface area (Å²) >= 11 is 0. The number of hydrogen-bond donors (Lipinski definition) is 0. The third-order valence-corrected chi connectivity index (χ3v) is 6.04. The van der Waals surface area contributed by atoms with Gasteiger partial charge in [0.05, 0.1) is 0 Å². The third kappa shape index (κ3) is 3.02. The van der Waals surface area contributed by atoms with E-state index >= 15 is 0 Å². The average molecular weight is 403 g/mol. The Morgan fingerprint density at radius 2 is 1.77 bits per heavy atom. The fourth-order valence-electron chi connectivity index (χ4n) is 4.22. The Morgan fingerprint density at radius 1 is 1.03 bits per heavy atom. The van der Waals surface area contributed by atoms with Gasteiger partial charge < -0.3 is 13.7 Å². The van der Waals surface area contributed by atoms with E-state index in [1.54, 1.807) is 0 Å². The van der Waals surface area contributed by atoms with Crippen LogP contribution in [0.5, 0.6) is 5.75 Å². The van der Waals surface area contributed by atoms with Crippen LogP contribution >= 0.6 is 0 Å². The Hall–Kier alpha value is -3.34. The fourth-order valence-corrected chi connectivity index (χ4v) is 4.22. The molecule has 30 heavy (non-hydrogen) atoms. The van der Waals surface area contributed by atoms with Gasteiger partial charge in [0.2, 0.25) is 5.78 Å². The maximum atomic E-state index is 13.0. The number of carbonyl (C=O) groups is 1. The number of Topliss-reactive ketones (excluding diaryl/α,β-unsaturated/α-hetero) is 1. The molecule has 0 radical (unpaired) electrons. The van der Waals surface area contributed by atoms with Gasteiger partial charge in [-0.25, -0.2) is 4.79 Å². The molecule has 2 aromatic heterocycles. The number of ether oxygens (including phenoxy) is 1. The second-order valence-corrected chi connectivity index (χ2v) is 7.66. The lowest BCUT2D eigenvalue weighted by Crippen LogP contribution is -2.14. The average Bonchev–Trinajstić information content (AvgIpc) is 2.99. The van der Waals surface area contributed by atoms with Crippen LogP contribution in [-0.4, -0.2) is 17.0 Å². The molecular weight excluding hydrogens is 378 g/mol. The van der Waals surface area contributed by atoms with Crippen molar-refractivity contribution in [2.24, 2.45) is 7.05 Å². The van der Waals surface area contributed by atoms with Crippen LogP contribution in [-0.2, 0) is 13.5 Å². The number of aryl methyl sites for hydroxylation is 3. The van der Waals surface area contributed by atoms with Gasteiger partial charge in [-0.3, -0.25) is 4.79 Å². The van der Waals surface area contributed by atoms with Gasteiger partial charge in [-0.2, -0.15) is 0 Å². The lowest BCUT2D eigenvalue weighted by atomic mass is 10.0. The van der Waals surface area contributed by atoms with Gasteiger partial charge >= 0.3 is 5.63 Å². The number of aromatic nitrogens is 1. The molecule has 0 aliphatic carbocycles. The Morgan fingerprint density at radius 3 is 2.50 bits per heavy atom. The van der Waals surface area contributed by atoms with Crippen molar-refractivity contribution in [2.75, 3.05) is 6.61 Å². The second kappa shape index (κ2) is 7.48. The predicted molar refractivity (Wildman–Crippen MR) is 119 cm³/mol. The molecule has 154 valence electrons. The molecule has 2 aromatic carbocycles.